The summed E-state index contributed by atoms with van der Waals surface area (Å²) in [6.07, 6.45) is 2.65. The number of hydrogen-bond donors (Lipinski definition) is 1. The second-order valence-electron chi connectivity index (χ2n) is 6.54. The molecular formula is C20H20N4O6S2. The lowest BCUT2D eigenvalue weighted by Gasteiger charge is -2.05. The van der Waals surface area contributed by atoms with Gasteiger partial charge in [0.1, 0.15) is 0 Å². The molecule has 3 rings (SSSR count). The maximum absolute atomic E-state index is 12.4. The summed E-state index contributed by atoms with van der Waals surface area (Å²) in [7, 11) is -3.87. The second kappa shape index (κ2) is 9.96. The minimum atomic E-state index is -3.87. The summed E-state index contributed by atoms with van der Waals surface area (Å²) in [5.74, 6) is -0.570. The number of ether oxygens (including phenoxy) is 1. The molecule has 1 heterocycles. The molecule has 32 heavy (non-hydrogen) atoms. The fourth-order valence-electron chi connectivity index (χ4n) is 2.87. The number of primary sulfonamides is 1. The Balaban J connectivity index is 1.99. The van der Waals surface area contributed by atoms with E-state index in [2.05, 4.69) is 4.99 Å². The van der Waals surface area contributed by atoms with E-state index >= 15 is 0 Å². The molecular weight excluding hydrogens is 456 g/mol. The number of carbonyl (C=O) groups excluding carboxylic acids is 1. The zero-order valence-electron chi connectivity index (χ0n) is 17.0. The largest absolute Gasteiger partial charge is 0.380 e. The van der Waals surface area contributed by atoms with E-state index in [9.17, 15) is 23.3 Å². The van der Waals surface area contributed by atoms with Gasteiger partial charge in [-0.2, -0.15) is 4.99 Å². The highest BCUT2D eigenvalue weighted by atomic mass is 32.2. The van der Waals surface area contributed by atoms with Gasteiger partial charge in [-0.25, -0.2) is 13.6 Å². The molecule has 0 fully saturated rings. The lowest BCUT2D eigenvalue weighted by molar-refractivity contribution is -0.384. The third-order valence-corrected chi connectivity index (χ3v) is 6.30. The van der Waals surface area contributed by atoms with Crippen LogP contribution in [0.5, 0.6) is 0 Å². The van der Waals surface area contributed by atoms with Crippen molar-refractivity contribution in [1.29, 1.82) is 0 Å². The van der Waals surface area contributed by atoms with Crippen LogP contribution in [0, 0.1) is 10.1 Å². The number of rotatable bonds is 8. The summed E-state index contributed by atoms with van der Waals surface area (Å²) >= 11 is 1.15. The van der Waals surface area contributed by atoms with E-state index in [1.54, 1.807) is 16.7 Å². The molecule has 0 saturated heterocycles. The van der Waals surface area contributed by atoms with E-state index in [1.807, 2.05) is 6.92 Å². The first-order chi connectivity index (χ1) is 15.2. The number of non-ortho nitro benzene ring substituents is 1. The molecule has 0 radical (unpaired) electrons. The smallest absolute Gasteiger partial charge is 0.272 e. The average Bonchev–Trinajstić information content (AvgIpc) is 3.08. The molecule has 2 aromatic carbocycles. The van der Waals surface area contributed by atoms with Crippen molar-refractivity contribution in [2.75, 3.05) is 13.2 Å². The Labute approximate surface area is 187 Å². The molecule has 0 spiro atoms. The Kier molecular flexibility index (Phi) is 7.30. The highest BCUT2D eigenvalue weighted by molar-refractivity contribution is 7.89. The number of nitrogens with zero attached hydrogens (tertiary/aromatic N) is 3. The maximum Gasteiger partial charge on any atom is 0.272 e. The number of carbonyl (C=O) groups is 1. The molecule has 0 unspecified atom stereocenters. The molecule has 10 nitrogen and oxygen atoms in total. The van der Waals surface area contributed by atoms with Crippen LogP contribution in [0.2, 0.25) is 0 Å². The number of sulfonamides is 1. The zero-order chi connectivity index (χ0) is 23.3. The van der Waals surface area contributed by atoms with Crippen molar-refractivity contribution in [2.24, 2.45) is 10.1 Å². The van der Waals surface area contributed by atoms with Crippen molar-refractivity contribution in [1.82, 2.24) is 4.57 Å². The first-order valence-corrected chi connectivity index (χ1v) is 11.8. The maximum atomic E-state index is 12.4. The van der Waals surface area contributed by atoms with Gasteiger partial charge in [0, 0.05) is 31.4 Å². The van der Waals surface area contributed by atoms with Gasteiger partial charge in [0.15, 0.2) is 4.80 Å². The van der Waals surface area contributed by atoms with Gasteiger partial charge < -0.3 is 9.30 Å². The number of aromatic nitrogens is 1. The van der Waals surface area contributed by atoms with Gasteiger partial charge in [0.05, 0.1) is 26.6 Å². The Morgan fingerprint density at radius 1 is 1.31 bits per heavy atom. The number of nitro groups is 1. The monoisotopic (exact) mass is 476 g/mol. The van der Waals surface area contributed by atoms with Crippen LogP contribution in [0.25, 0.3) is 16.3 Å². The number of hydrogen-bond acceptors (Lipinski definition) is 7. The van der Waals surface area contributed by atoms with Crippen molar-refractivity contribution >= 4 is 49.2 Å². The number of thiazole rings is 1. The van der Waals surface area contributed by atoms with Gasteiger partial charge in [0.25, 0.3) is 11.6 Å². The molecule has 1 amide bonds. The minimum absolute atomic E-state index is 0.0355. The fourth-order valence-corrected chi connectivity index (χ4v) is 4.59. The molecule has 1 aromatic heterocycles. The van der Waals surface area contributed by atoms with Crippen LogP contribution in [0.1, 0.15) is 12.5 Å². The Bertz CT molecular complexity index is 1370. The lowest BCUT2D eigenvalue weighted by Crippen LogP contribution is -2.19. The predicted octanol–water partition coefficient (Wildman–Crippen LogP) is 2.44. The number of fused-ring (bicyclic) bond motifs is 1. The molecule has 2 N–H and O–H groups in total. The number of amides is 1. The number of nitro benzene ring substituents is 1. The predicted molar refractivity (Wildman–Crippen MR) is 120 cm³/mol. The van der Waals surface area contributed by atoms with Crippen LogP contribution in [-0.4, -0.2) is 37.0 Å². The summed E-state index contributed by atoms with van der Waals surface area (Å²) in [5.41, 5.74) is 1.10. The third-order valence-electron chi connectivity index (χ3n) is 4.35. The number of benzene rings is 2. The third kappa shape index (κ3) is 5.73. The first-order valence-electron chi connectivity index (χ1n) is 9.44. The van der Waals surface area contributed by atoms with E-state index in [4.69, 9.17) is 9.88 Å². The van der Waals surface area contributed by atoms with Gasteiger partial charge >= 0.3 is 0 Å². The van der Waals surface area contributed by atoms with Crippen LogP contribution in [-0.2, 0) is 26.1 Å². The molecule has 0 aliphatic rings. The fraction of sp³-hybridized carbons (Fsp3) is 0.200. The lowest BCUT2D eigenvalue weighted by atomic mass is 10.2. The normalized spacial score (nSPS) is 12.6. The summed E-state index contributed by atoms with van der Waals surface area (Å²) in [6.45, 7) is 3.17. The molecule has 0 aliphatic heterocycles. The van der Waals surface area contributed by atoms with Gasteiger partial charge in [0.2, 0.25) is 10.0 Å². The first kappa shape index (κ1) is 23.5. The Morgan fingerprint density at radius 3 is 2.78 bits per heavy atom. The number of nitrogens with two attached hydrogens (primary N) is 1. The van der Waals surface area contributed by atoms with Gasteiger partial charge in [-0.3, -0.25) is 14.9 Å². The Hall–Kier alpha value is -3.19. The van der Waals surface area contributed by atoms with Crippen LogP contribution >= 0.6 is 11.3 Å². The van der Waals surface area contributed by atoms with Crippen molar-refractivity contribution in [2.45, 2.75) is 18.4 Å². The molecule has 0 aliphatic carbocycles. The average molecular weight is 477 g/mol. The van der Waals surface area contributed by atoms with Crippen LogP contribution in [0.3, 0.4) is 0 Å². The van der Waals surface area contributed by atoms with Crippen molar-refractivity contribution in [3.8, 4) is 0 Å². The van der Waals surface area contributed by atoms with Crippen LogP contribution in [0.15, 0.2) is 58.4 Å². The van der Waals surface area contributed by atoms with Crippen molar-refractivity contribution < 1.29 is 22.9 Å². The van der Waals surface area contributed by atoms with E-state index in [0.29, 0.717) is 40.3 Å². The molecule has 0 saturated carbocycles. The quantitative estimate of drug-likeness (QED) is 0.229. The minimum Gasteiger partial charge on any atom is -0.380 e. The van der Waals surface area contributed by atoms with Gasteiger partial charge in [-0.15, -0.1) is 0 Å². The van der Waals surface area contributed by atoms with E-state index < -0.39 is 20.9 Å². The molecule has 0 atom stereocenters. The van der Waals surface area contributed by atoms with Gasteiger partial charge in [-0.05, 0) is 36.8 Å². The van der Waals surface area contributed by atoms with Crippen LogP contribution < -0.4 is 9.94 Å². The van der Waals surface area contributed by atoms with E-state index in [-0.39, 0.29) is 10.6 Å². The summed E-state index contributed by atoms with van der Waals surface area (Å²) in [5, 5.41) is 16.1. The molecule has 12 heteroatoms. The van der Waals surface area contributed by atoms with E-state index in [1.165, 1.54) is 42.5 Å². The topological polar surface area (TPSA) is 147 Å². The van der Waals surface area contributed by atoms with Crippen molar-refractivity contribution in [3.05, 3.63) is 69.0 Å². The molecule has 3 aromatic rings. The second-order valence-corrected chi connectivity index (χ2v) is 9.11. The highest BCUT2D eigenvalue weighted by Crippen LogP contribution is 2.21. The van der Waals surface area contributed by atoms with Gasteiger partial charge in [-0.1, -0.05) is 23.5 Å². The SMILES string of the molecule is CCOCCn1c(=NC(=O)/C=C/c2cccc([N+](=O)[O-])c2)sc2cc(S(N)(=O)=O)ccc21. The van der Waals surface area contributed by atoms with E-state index in [0.717, 1.165) is 11.3 Å². The molecule has 0 bridgehead atoms. The standard InChI is InChI=1S/C20H20N4O6S2/c1-2-30-11-10-23-17-8-7-16(32(21,28)29)13-18(17)31-20(23)22-19(25)9-6-14-4-3-5-15(12-14)24(26)27/h3-9,12-13H,2,10-11H2,1H3,(H2,21,28,29)/b9-6+,22-20?. The summed E-state index contributed by atoms with van der Waals surface area (Å²) < 4.78 is 31.1. The highest BCUT2D eigenvalue weighted by Gasteiger charge is 2.13. The summed E-state index contributed by atoms with van der Waals surface area (Å²) in [4.78, 5) is 27.3. The van der Waals surface area contributed by atoms with Crippen molar-refractivity contribution in [3.63, 3.8) is 0 Å². The van der Waals surface area contributed by atoms with Crippen LogP contribution in [0.4, 0.5) is 5.69 Å². The summed E-state index contributed by atoms with van der Waals surface area (Å²) in [6, 6.07) is 10.3. The molecule has 168 valence electrons. The zero-order valence-corrected chi connectivity index (χ0v) is 18.6. The Morgan fingerprint density at radius 2 is 2.09 bits per heavy atom.